The SMILES string of the molecule is CCCSc1nc(NCC(C)C)c2cnn(CCNC(=O)Cc3ccc(OC)cc3)c2n1. The van der Waals surface area contributed by atoms with Gasteiger partial charge in [0.15, 0.2) is 10.8 Å². The number of thioether (sulfide) groups is 1. The molecule has 0 aliphatic heterocycles. The van der Waals surface area contributed by atoms with Gasteiger partial charge < -0.3 is 15.4 Å². The molecule has 3 rings (SSSR count). The second-order valence-electron chi connectivity index (χ2n) is 7.96. The fraction of sp³-hybridized carbons (Fsp3) is 0.478. The molecule has 0 saturated carbocycles. The first-order valence-electron chi connectivity index (χ1n) is 11.0. The molecule has 0 fully saturated rings. The highest BCUT2D eigenvalue weighted by atomic mass is 32.2. The van der Waals surface area contributed by atoms with Gasteiger partial charge in [-0.05, 0) is 30.0 Å². The molecule has 0 spiro atoms. The minimum atomic E-state index is -0.0280. The van der Waals surface area contributed by atoms with Crippen molar-refractivity contribution in [1.82, 2.24) is 25.1 Å². The highest BCUT2D eigenvalue weighted by molar-refractivity contribution is 7.99. The molecule has 2 N–H and O–H groups in total. The molecule has 9 heteroatoms. The van der Waals surface area contributed by atoms with Crippen LogP contribution in [0.4, 0.5) is 5.82 Å². The van der Waals surface area contributed by atoms with Crippen molar-refractivity contribution in [3.8, 4) is 5.75 Å². The first-order chi connectivity index (χ1) is 15.5. The zero-order chi connectivity index (χ0) is 22.9. The number of methoxy groups -OCH3 is 1. The van der Waals surface area contributed by atoms with E-state index in [1.54, 1.807) is 25.1 Å². The van der Waals surface area contributed by atoms with Crippen molar-refractivity contribution < 1.29 is 9.53 Å². The van der Waals surface area contributed by atoms with Gasteiger partial charge in [0.05, 0.1) is 31.7 Å². The lowest BCUT2D eigenvalue weighted by atomic mass is 10.1. The van der Waals surface area contributed by atoms with Crippen LogP contribution in [0.5, 0.6) is 5.75 Å². The maximum absolute atomic E-state index is 12.3. The van der Waals surface area contributed by atoms with Crippen LogP contribution in [0.2, 0.25) is 0 Å². The summed E-state index contributed by atoms with van der Waals surface area (Å²) in [7, 11) is 1.63. The van der Waals surface area contributed by atoms with Crippen molar-refractivity contribution in [3.05, 3.63) is 36.0 Å². The van der Waals surface area contributed by atoms with Crippen LogP contribution in [-0.2, 0) is 17.8 Å². The molecule has 0 aliphatic carbocycles. The molecule has 172 valence electrons. The van der Waals surface area contributed by atoms with Crippen LogP contribution < -0.4 is 15.4 Å². The fourth-order valence-electron chi connectivity index (χ4n) is 3.08. The Kier molecular flexibility index (Phi) is 8.72. The molecule has 1 amide bonds. The highest BCUT2D eigenvalue weighted by Gasteiger charge is 2.14. The number of fused-ring (bicyclic) bond motifs is 1. The maximum atomic E-state index is 12.3. The van der Waals surface area contributed by atoms with Crippen molar-refractivity contribution in [3.63, 3.8) is 0 Å². The quantitative estimate of drug-likeness (QED) is 0.316. The van der Waals surface area contributed by atoms with Crippen molar-refractivity contribution in [2.45, 2.75) is 45.3 Å². The van der Waals surface area contributed by atoms with Gasteiger partial charge in [0, 0.05) is 18.8 Å². The van der Waals surface area contributed by atoms with Crippen LogP contribution in [0.1, 0.15) is 32.8 Å². The van der Waals surface area contributed by atoms with E-state index in [2.05, 4.69) is 36.5 Å². The fourth-order valence-corrected chi connectivity index (χ4v) is 3.78. The smallest absolute Gasteiger partial charge is 0.224 e. The Morgan fingerprint density at radius 1 is 1.22 bits per heavy atom. The van der Waals surface area contributed by atoms with Crippen LogP contribution >= 0.6 is 11.8 Å². The van der Waals surface area contributed by atoms with Gasteiger partial charge in [-0.15, -0.1) is 0 Å². The number of rotatable bonds is 12. The van der Waals surface area contributed by atoms with Gasteiger partial charge in [0.1, 0.15) is 11.6 Å². The van der Waals surface area contributed by atoms with Crippen molar-refractivity contribution in [1.29, 1.82) is 0 Å². The summed E-state index contributed by atoms with van der Waals surface area (Å²) in [6.45, 7) is 8.31. The largest absolute Gasteiger partial charge is 0.497 e. The number of benzene rings is 1. The molecule has 8 nitrogen and oxygen atoms in total. The van der Waals surface area contributed by atoms with E-state index in [0.717, 1.165) is 52.0 Å². The number of nitrogens with one attached hydrogen (secondary N) is 2. The Morgan fingerprint density at radius 3 is 2.69 bits per heavy atom. The Bertz CT molecular complexity index is 1020. The van der Waals surface area contributed by atoms with Gasteiger partial charge in [0.25, 0.3) is 0 Å². The van der Waals surface area contributed by atoms with E-state index < -0.39 is 0 Å². The Balaban J connectivity index is 1.65. The van der Waals surface area contributed by atoms with E-state index in [1.807, 2.05) is 28.9 Å². The average molecular weight is 457 g/mol. The molecule has 0 aliphatic rings. The summed E-state index contributed by atoms with van der Waals surface area (Å²) < 4.78 is 6.99. The molecule has 3 aromatic rings. The second kappa shape index (κ2) is 11.7. The van der Waals surface area contributed by atoms with Gasteiger partial charge >= 0.3 is 0 Å². The number of carbonyl (C=O) groups is 1. The molecule has 1 aromatic carbocycles. The topological polar surface area (TPSA) is 94.0 Å². The second-order valence-corrected chi connectivity index (χ2v) is 9.02. The van der Waals surface area contributed by atoms with E-state index >= 15 is 0 Å². The molecule has 2 heterocycles. The number of ether oxygens (including phenoxy) is 1. The van der Waals surface area contributed by atoms with Gasteiger partial charge in [-0.25, -0.2) is 14.6 Å². The predicted octanol–water partition coefficient (Wildman–Crippen LogP) is 3.76. The summed E-state index contributed by atoms with van der Waals surface area (Å²) in [5.41, 5.74) is 1.73. The molecule has 32 heavy (non-hydrogen) atoms. The first kappa shape index (κ1) is 23.8. The minimum Gasteiger partial charge on any atom is -0.497 e. The van der Waals surface area contributed by atoms with Crippen LogP contribution in [-0.4, -0.2) is 51.6 Å². The number of carbonyl (C=O) groups excluding carboxylic acids is 1. The maximum Gasteiger partial charge on any atom is 0.224 e. The summed E-state index contributed by atoms with van der Waals surface area (Å²) in [5, 5.41) is 12.6. The Hall–Kier alpha value is -2.81. The van der Waals surface area contributed by atoms with Crippen molar-refractivity contribution in [2.75, 3.05) is 31.3 Å². The van der Waals surface area contributed by atoms with Gasteiger partial charge in [0.2, 0.25) is 5.91 Å². The lowest BCUT2D eigenvalue weighted by Crippen LogP contribution is -2.28. The number of nitrogens with zero attached hydrogens (tertiary/aromatic N) is 4. The number of amides is 1. The van der Waals surface area contributed by atoms with Gasteiger partial charge in [-0.3, -0.25) is 4.79 Å². The summed E-state index contributed by atoms with van der Waals surface area (Å²) in [5.74, 6) is 3.03. The molecule has 2 aromatic heterocycles. The van der Waals surface area contributed by atoms with Crippen LogP contribution in [0.25, 0.3) is 11.0 Å². The molecular formula is C23H32N6O2S. The average Bonchev–Trinajstić information content (AvgIpc) is 3.19. The Morgan fingerprint density at radius 2 is 2.00 bits per heavy atom. The third-order valence-corrected chi connectivity index (χ3v) is 5.81. The lowest BCUT2D eigenvalue weighted by molar-refractivity contribution is -0.120. The molecule has 0 atom stereocenters. The molecule has 0 saturated heterocycles. The zero-order valence-electron chi connectivity index (χ0n) is 19.2. The zero-order valence-corrected chi connectivity index (χ0v) is 20.0. The summed E-state index contributed by atoms with van der Waals surface area (Å²) in [6.07, 6.45) is 3.18. The number of aromatic nitrogens is 4. The monoisotopic (exact) mass is 456 g/mol. The van der Waals surface area contributed by atoms with E-state index in [-0.39, 0.29) is 5.91 Å². The van der Waals surface area contributed by atoms with Crippen molar-refractivity contribution in [2.24, 2.45) is 5.92 Å². The Labute approximate surface area is 193 Å². The molecule has 0 unspecified atom stereocenters. The normalized spacial score (nSPS) is 11.2. The van der Waals surface area contributed by atoms with E-state index in [9.17, 15) is 4.79 Å². The standard InChI is InChI=1S/C23H32N6O2S/c1-5-12-32-23-27-21(25-14-16(2)3)19-15-26-29(22(19)28-23)11-10-24-20(30)13-17-6-8-18(31-4)9-7-17/h6-9,15-16H,5,10-14H2,1-4H3,(H,24,30)(H,25,27,28). The summed E-state index contributed by atoms with van der Waals surface area (Å²) in [6, 6.07) is 7.52. The highest BCUT2D eigenvalue weighted by Crippen LogP contribution is 2.25. The van der Waals surface area contributed by atoms with E-state index in [4.69, 9.17) is 14.7 Å². The summed E-state index contributed by atoms with van der Waals surface area (Å²) in [4.78, 5) is 21.8. The van der Waals surface area contributed by atoms with E-state index in [0.29, 0.717) is 25.4 Å². The lowest BCUT2D eigenvalue weighted by Gasteiger charge is -2.11. The number of hydrogen-bond donors (Lipinski definition) is 2. The van der Waals surface area contributed by atoms with E-state index in [1.165, 1.54) is 0 Å². The summed E-state index contributed by atoms with van der Waals surface area (Å²) >= 11 is 1.65. The number of hydrogen-bond acceptors (Lipinski definition) is 7. The first-order valence-corrected chi connectivity index (χ1v) is 12.0. The number of anilines is 1. The molecule has 0 radical (unpaired) electrons. The van der Waals surface area contributed by atoms with Gasteiger partial charge in [-0.1, -0.05) is 44.7 Å². The third-order valence-electron chi connectivity index (χ3n) is 4.76. The molecule has 0 bridgehead atoms. The van der Waals surface area contributed by atoms with Crippen molar-refractivity contribution >= 4 is 34.5 Å². The molecular weight excluding hydrogens is 424 g/mol. The minimum absolute atomic E-state index is 0.0280. The third kappa shape index (κ3) is 6.59. The van der Waals surface area contributed by atoms with Crippen LogP contribution in [0.3, 0.4) is 0 Å². The van der Waals surface area contributed by atoms with Gasteiger partial charge in [-0.2, -0.15) is 5.10 Å². The van der Waals surface area contributed by atoms with Crippen LogP contribution in [0.15, 0.2) is 35.6 Å². The van der Waals surface area contributed by atoms with Crippen LogP contribution in [0, 0.1) is 5.92 Å². The predicted molar refractivity (Wildman–Crippen MR) is 129 cm³/mol.